The monoisotopic (exact) mass is 287 g/mol. The molecule has 0 spiro atoms. The molecule has 0 saturated heterocycles. The minimum Gasteiger partial charge on any atom is -0.379 e. The van der Waals surface area contributed by atoms with Gasteiger partial charge in [0.1, 0.15) is 0 Å². The lowest BCUT2D eigenvalue weighted by Crippen LogP contribution is -2.26. The fraction of sp³-hybridized carbons (Fsp3) is 0.684. The van der Waals surface area contributed by atoms with Gasteiger partial charge in [0.25, 0.3) is 0 Å². The summed E-state index contributed by atoms with van der Waals surface area (Å²) in [5, 5.41) is 3.67. The zero-order chi connectivity index (χ0) is 14.5. The van der Waals surface area contributed by atoms with Crippen molar-refractivity contribution in [1.82, 2.24) is 5.32 Å². The largest absolute Gasteiger partial charge is 0.379 e. The van der Waals surface area contributed by atoms with Crippen LogP contribution < -0.4 is 5.32 Å². The van der Waals surface area contributed by atoms with E-state index in [-0.39, 0.29) is 0 Å². The molecule has 1 unspecified atom stereocenters. The van der Waals surface area contributed by atoms with Crippen LogP contribution >= 0.6 is 0 Å². The molecule has 3 rings (SSSR count). The van der Waals surface area contributed by atoms with Gasteiger partial charge in [-0.05, 0) is 54.8 Å². The lowest BCUT2D eigenvalue weighted by molar-refractivity contribution is 0.121. The van der Waals surface area contributed by atoms with E-state index < -0.39 is 0 Å². The summed E-state index contributed by atoms with van der Waals surface area (Å²) in [6.45, 7) is 4.98. The minimum atomic E-state index is 0.381. The smallest absolute Gasteiger partial charge is 0.0661 e. The SMILES string of the molecule is CCCNC1COCCc2ccc(C3CCCCC3)cc21. The molecule has 1 aliphatic heterocycles. The van der Waals surface area contributed by atoms with Crippen LogP contribution in [0.2, 0.25) is 0 Å². The Bertz CT molecular complexity index is 451. The van der Waals surface area contributed by atoms with Crippen molar-refractivity contribution < 1.29 is 4.74 Å². The fourth-order valence-corrected chi connectivity index (χ4v) is 3.82. The molecule has 1 heterocycles. The molecular formula is C19H29NO. The highest BCUT2D eigenvalue weighted by molar-refractivity contribution is 5.37. The van der Waals surface area contributed by atoms with Gasteiger partial charge in [0.15, 0.2) is 0 Å². The van der Waals surface area contributed by atoms with Crippen molar-refractivity contribution in [2.75, 3.05) is 19.8 Å². The van der Waals surface area contributed by atoms with E-state index in [1.807, 2.05) is 0 Å². The second-order valence-corrected chi connectivity index (χ2v) is 6.62. The highest BCUT2D eigenvalue weighted by Gasteiger charge is 2.22. The van der Waals surface area contributed by atoms with Crippen molar-refractivity contribution in [2.45, 2.75) is 63.8 Å². The summed E-state index contributed by atoms with van der Waals surface area (Å²) in [7, 11) is 0. The number of nitrogens with one attached hydrogen (secondary N) is 1. The van der Waals surface area contributed by atoms with Gasteiger partial charge in [-0.3, -0.25) is 0 Å². The maximum Gasteiger partial charge on any atom is 0.0661 e. The van der Waals surface area contributed by atoms with Gasteiger partial charge < -0.3 is 10.1 Å². The third kappa shape index (κ3) is 3.67. The zero-order valence-corrected chi connectivity index (χ0v) is 13.4. The first-order chi connectivity index (χ1) is 10.4. The van der Waals surface area contributed by atoms with Crippen LogP contribution in [0.4, 0.5) is 0 Å². The minimum absolute atomic E-state index is 0.381. The van der Waals surface area contributed by atoms with Crippen molar-refractivity contribution in [3.8, 4) is 0 Å². The molecule has 0 bridgehead atoms. The summed E-state index contributed by atoms with van der Waals surface area (Å²) in [6.07, 6.45) is 9.23. The topological polar surface area (TPSA) is 21.3 Å². The Morgan fingerprint density at radius 2 is 2.05 bits per heavy atom. The van der Waals surface area contributed by atoms with Gasteiger partial charge >= 0.3 is 0 Å². The van der Waals surface area contributed by atoms with E-state index in [0.29, 0.717) is 6.04 Å². The molecule has 1 aromatic rings. The first-order valence-electron chi connectivity index (χ1n) is 8.82. The van der Waals surface area contributed by atoms with Gasteiger partial charge in [-0.15, -0.1) is 0 Å². The van der Waals surface area contributed by atoms with E-state index >= 15 is 0 Å². The summed E-state index contributed by atoms with van der Waals surface area (Å²) in [4.78, 5) is 0. The average molecular weight is 287 g/mol. The summed E-state index contributed by atoms with van der Waals surface area (Å²) in [5.74, 6) is 0.792. The molecule has 2 aliphatic rings. The van der Waals surface area contributed by atoms with Gasteiger partial charge in [-0.2, -0.15) is 0 Å². The summed E-state index contributed by atoms with van der Waals surface area (Å²) >= 11 is 0. The van der Waals surface area contributed by atoms with Crippen molar-refractivity contribution in [1.29, 1.82) is 0 Å². The van der Waals surface area contributed by atoms with Crippen LogP contribution in [0.15, 0.2) is 18.2 Å². The lowest BCUT2D eigenvalue weighted by Gasteiger charge is -2.25. The molecule has 0 radical (unpaired) electrons. The van der Waals surface area contributed by atoms with E-state index in [0.717, 1.165) is 32.1 Å². The van der Waals surface area contributed by atoms with Crippen LogP contribution in [0.1, 0.15) is 74.1 Å². The summed E-state index contributed by atoms with van der Waals surface area (Å²) in [5.41, 5.74) is 4.56. The molecule has 1 aliphatic carbocycles. The molecule has 2 heteroatoms. The quantitative estimate of drug-likeness (QED) is 0.889. The van der Waals surface area contributed by atoms with Crippen LogP contribution in [-0.4, -0.2) is 19.8 Å². The number of hydrogen-bond acceptors (Lipinski definition) is 2. The third-order valence-corrected chi connectivity index (χ3v) is 5.06. The van der Waals surface area contributed by atoms with Crippen molar-refractivity contribution in [3.05, 3.63) is 34.9 Å². The van der Waals surface area contributed by atoms with E-state index in [2.05, 4.69) is 30.4 Å². The highest BCUT2D eigenvalue weighted by atomic mass is 16.5. The number of rotatable bonds is 4. The molecule has 116 valence electrons. The van der Waals surface area contributed by atoms with Gasteiger partial charge in [0.05, 0.1) is 19.3 Å². The zero-order valence-electron chi connectivity index (χ0n) is 13.4. The predicted molar refractivity (Wildman–Crippen MR) is 87.8 cm³/mol. The molecule has 1 fully saturated rings. The van der Waals surface area contributed by atoms with Crippen molar-refractivity contribution >= 4 is 0 Å². The Kier molecular flexibility index (Phi) is 5.32. The maximum atomic E-state index is 5.81. The molecule has 0 amide bonds. The van der Waals surface area contributed by atoms with Crippen molar-refractivity contribution in [2.24, 2.45) is 0 Å². The molecule has 2 nitrogen and oxygen atoms in total. The van der Waals surface area contributed by atoms with Gasteiger partial charge in [-0.1, -0.05) is 44.4 Å². The Morgan fingerprint density at radius 3 is 2.86 bits per heavy atom. The Labute approximate surface area is 129 Å². The molecule has 1 aromatic carbocycles. The molecule has 1 N–H and O–H groups in total. The van der Waals surface area contributed by atoms with E-state index in [4.69, 9.17) is 4.74 Å². The number of ether oxygens (including phenoxy) is 1. The van der Waals surface area contributed by atoms with Gasteiger partial charge in [-0.25, -0.2) is 0 Å². The Hall–Kier alpha value is -0.860. The van der Waals surface area contributed by atoms with Crippen molar-refractivity contribution in [3.63, 3.8) is 0 Å². The molecule has 21 heavy (non-hydrogen) atoms. The average Bonchev–Trinajstić information content (AvgIpc) is 2.75. The highest BCUT2D eigenvalue weighted by Crippen LogP contribution is 2.35. The number of benzene rings is 1. The van der Waals surface area contributed by atoms with Crippen LogP contribution in [0.5, 0.6) is 0 Å². The molecular weight excluding hydrogens is 258 g/mol. The van der Waals surface area contributed by atoms with Gasteiger partial charge in [0, 0.05) is 0 Å². The van der Waals surface area contributed by atoms with Crippen LogP contribution in [0.25, 0.3) is 0 Å². The second kappa shape index (κ2) is 7.42. The molecule has 1 atom stereocenters. The van der Waals surface area contributed by atoms with E-state index in [1.54, 1.807) is 5.56 Å². The third-order valence-electron chi connectivity index (χ3n) is 5.06. The van der Waals surface area contributed by atoms with Crippen LogP contribution in [-0.2, 0) is 11.2 Å². The van der Waals surface area contributed by atoms with E-state index in [1.165, 1.54) is 49.7 Å². The first kappa shape index (κ1) is 15.1. The Balaban J connectivity index is 1.84. The van der Waals surface area contributed by atoms with Gasteiger partial charge in [0.2, 0.25) is 0 Å². The van der Waals surface area contributed by atoms with Crippen LogP contribution in [0.3, 0.4) is 0 Å². The molecule has 0 aromatic heterocycles. The lowest BCUT2D eigenvalue weighted by atomic mass is 9.82. The predicted octanol–water partition coefficient (Wildman–Crippen LogP) is 4.35. The van der Waals surface area contributed by atoms with Crippen LogP contribution in [0, 0.1) is 0 Å². The number of hydrogen-bond donors (Lipinski definition) is 1. The fourth-order valence-electron chi connectivity index (χ4n) is 3.82. The van der Waals surface area contributed by atoms with E-state index in [9.17, 15) is 0 Å². The first-order valence-corrected chi connectivity index (χ1v) is 8.82. The summed E-state index contributed by atoms with van der Waals surface area (Å²) in [6, 6.07) is 7.63. The second-order valence-electron chi connectivity index (χ2n) is 6.62. The number of fused-ring (bicyclic) bond motifs is 1. The Morgan fingerprint density at radius 1 is 1.19 bits per heavy atom. The maximum absolute atomic E-state index is 5.81. The standard InChI is InChI=1S/C19H29NO/c1-2-11-20-19-14-21-12-10-16-8-9-17(13-18(16)19)15-6-4-3-5-7-15/h8-9,13,15,19-20H,2-7,10-12,14H2,1H3. The molecule has 1 saturated carbocycles. The summed E-state index contributed by atoms with van der Waals surface area (Å²) < 4.78 is 5.81. The normalized spacial score (nSPS) is 23.6.